The molecule has 1 saturated heterocycles. The Morgan fingerprint density at radius 3 is 2.79 bits per heavy atom. The van der Waals surface area contributed by atoms with E-state index < -0.39 is 10.0 Å². The van der Waals surface area contributed by atoms with Gasteiger partial charge in [0.05, 0.1) is 11.9 Å². The fraction of sp³-hybridized carbons (Fsp3) is 1.00. The zero-order valence-corrected chi connectivity index (χ0v) is 12.6. The van der Waals surface area contributed by atoms with Gasteiger partial charge in [0.25, 0.3) is 0 Å². The van der Waals surface area contributed by atoms with E-state index in [1.807, 2.05) is 6.92 Å². The van der Waals surface area contributed by atoms with Gasteiger partial charge in [-0.3, -0.25) is 0 Å². The van der Waals surface area contributed by atoms with Crippen LogP contribution in [0.3, 0.4) is 0 Å². The van der Waals surface area contributed by atoms with E-state index in [0.29, 0.717) is 32.2 Å². The molecule has 0 bridgehead atoms. The molecule has 19 heavy (non-hydrogen) atoms. The van der Waals surface area contributed by atoms with Crippen molar-refractivity contribution in [3.05, 3.63) is 0 Å². The van der Waals surface area contributed by atoms with E-state index in [-0.39, 0.29) is 11.9 Å². The first kappa shape index (κ1) is 15.2. The van der Waals surface area contributed by atoms with Crippen molar-refractivity contribution in [3.63, 3.8) is 0 Å². The van der Waals surface area contributed by atoms with Gasteiger partial charge in [-0.05, 0) is 45.6 Å². The van der Waals surface area contributed by atoms with Crippen molar-refractivity contribution >= 4 is 10.0 Å². The monoisotopic (exact) mass is 290 g/mol. The lowest BCUT2D eigenvalue weighted by Crippen LogP contribution is -2.44. The van der Waals surface area contributed by atoms with E-state index in [1.165, 1.54) is 12.8 Å². The van der Waals surface area contributed by atoms with Gasteiger partial charge < -0.3 is 10.1 Å². The molecule has 5 nitrogen and oxygen atoms in total. The molecule has 0 spiro atoms. The van der Waals surface area contributed by atoms with Gasteiger partial charge in [0.15, 0.2) is 0 Å². The summed E-state index contributed by atoms with van der Waals surface area (Å²) in [7, 11) is -3.10. The summed E-state index contributed by atoms with van der Waals surface area (Å²) in [5.41, 5.74) is 0. The minimum atomic E-state index is -3.10. The Labute approximate surface area is 116 Å². The van der Waals surface area contributed by atoms with Gasteiger partial charge >= 0.3 is 0 Å². The predicted molar refractivity (Wildman–Crippen MR) is 75.6 cm³/mol. The Hall–Kier alpha value is -0.170. The summed E-state index contributed by atoms with van der Waals surface area (Å²) in [6, 6.07) is 0.653. The van der Waals surface area contributed by atoms with Crippen molar-refractivity contribution < 1.29 is 13.2 Å². The van der Waals surface area contributed by atoms with Crippen LogP contribution in [0.15, 0.2) is 0 Å². The third-order valence-electron chi connectivity index (χ3n) is 3.73. The number of sulfonamides is 1. The van der Waals surface area contributed by atoms with Crippen LogP contribution in [0.25, 0.3) is 0 Å². The molecule has 112 valence electrons. The normalized spacial score (nSPS) is 25.6. The fourth-order valence-electron chi connectivity index (χ4n) is 2.51. The van der Waals surface area contributed by atoms with Gasteiger partial charge in [-0.25, -0.2) is 8.42 Å². The Balaban J connectivity index is 1.73. The highest BCUT2D eigenvalue weighted by atomic mass is 32.2. The lowest BCUT2D eigenvalue weighted by Gasteiger charge is -2.31. The molecule has 1 aliphatic carbocycles. The molecule has 0 radical (unpaired) electrons. The second kappa shape index (κ2) is 7.02. The Bertz CT molecular complexity index is 366. The molecule has 1 atom stereocenters. The maximum Gasteiger partial charge on any atom is 0.214 e. The second-order valence-electron chi connectivity index (χ2n) is 5.48. The van der Waals surface area contributed by atoms with Gasteiger partial charge in [0.1, 0.15) is 0 Å². The third-order valence-corrected chi connectivity index (χ3v) is 5.65. The Morgan fingerprint density at radius 2 is 2.11 bits per heavy atom. The van der Waals surface area contributed by atoms with Crippen LogP contribution in [-0.2, 0) is 14.8 Å². The van der Waals surface area contributed by atoms with E-state index >= 15 is 0 Å². The standard InChI is InChI=1S/C13H26N2O3S/c1-2-18-13-5-3-9-15(11-13)19(16,17)10-4-8-14-12-6-7-12/h12-14H,2-11H2,1H3. The van der Waals surface area contributed by atoms with E-state index in [1.54, 1.807) is 4.31 Å². The summed E-state index contributed by atoms with van der Waals surface area (Å²) in [6.45, 7) is 4.61. The average Bonchev–Trinajstić information content (AvgIpc) is 3.20. The molecule has 1 unspecified atom stereocenters. The summed E-state index contributed by atoms with van der Waals surface area (Å²) in [4.78, 5) is 0. The molecule has 1 N–H and O–H groups in total. The van der Waals surface area contributed by atoms with Crippen LogP contribution in [0.2, 0.25) is 0 Å². The molecule has 2 rings (SSSR count). The molecule has 1 saturated carbocycles. The quantitative estimate of drug-likeness (QED) is 0.677. The van der Waals surface area contributed by atoms with Crippen LogP contribution < -0.4 is 5.32 Å². The smallest absolute Gasteiger partial charge is 0.214 e. The summed E-state index contributed by atoms with van der Waals surface area (Å²) in [5, 5.41) is 3.35. The van der Waals surface area contributed by atoms with Crippen LogP contribution in [0.1, 0.15) is 39.0 Å². The van der Waals surface area contributed by atoms with Crippen molar-refractivity contribution in [1.29, 1.82) is 0 Å². The van der Waals surface area contributed by atoms with Crippen LogP contribution in [-0.4, -0.2) is 56.9 Å². The van der Waals surface area contributed by atoms with Gasteiger partial charge in [-0.1, -0.05) is 0 Å². The van der Waals surface area contributed by atoms with Crippen LogP contribution >= 0.6 is 0 Å². The van der Waals surface area contributed by atoms with Crippen molar-refractivity contribution in [2.75, 3.05) is 32.0 Å². The highest BCUT2D eigenvalue weighted by molar-refractivity contribution is 7.89. The number of hydrogen-bond donors (Lipinski definition) is 1. The molecule has 0 amide bonds. The SMILES string of the molecule is CCOC1CCCN(S(=O)(=O)CCCNC2CC2)C1. The van der Waals surface area contributed by atoms with Crippen molar-refractivity contribution in [1.82, 2.24) is 9.62 Å². The van der Waals surface area contributed by atoms with Crippen LogP contribution in [0, 0.1) is 0 Å². The van der Waals surface area contributed by atoms with Gasteiger partial charge in [-0.2, -0.15) is 4.31 Å². The van der Waals surface area contributed by atoms with Gasteiger partial charge in [0.2, 0.25) is 10.0 Å². The molecule has 0 aromatic heterocycles. The number of piperidine rings is 1. The van der Waals surface area contributed by atoms with Crippen molar-refractivity contribution in [2.24, 2.45) is 0 Å². The maximum atomic E-state index is 12.2. The van der Waals surface area contributed by atoms with Crippen molar-refractivity contribution in [2.45, 2.75) is 51.2 Å². The highest BCUT2D eigenvalue weighted by Gasteiger charge is 2.29. The van der Waals surface area contributed by atoms with Crippen molar-refractivity contribution in [3.8, 4) is 0 Å². The number of nitrogens with zero attached hydrogens (tertiary/aromatic N) is 1. The molecule has 0 aromatic carbocycles. The third kappa shape index (κ3) is 5.02. The predicted octanol–water partition coefficient (Wildman–Crippen LogP) is 0.959. The zero-order chi connectivity index (χ0) is 13.7. The molecular formula is C13H26N2O3S. The first-order valence-corrected chi connectivity index (χ1v) is 9.05. The molecule has 2 fully saturated rings. The summed E-state index contributed by atoms with van der Waals surface area (Å²) in [6.07, 6.45) is 5.16. The molecular weight excluding hydrogens is 264 g/mol. The lowest BCUT2D eigenvalue weighted by molar-refractivity contribution is 0.0265. The fourth-order valence-corrected chi connectivity index (χ4v) is 4.07. The average molecular weight is 290 g/mol. The number of ether oxygens (including phenoxy) is 1. The Kier molecular flexibility index (Phi) is 5.62. The Morgan fingerprint density at radius 1 is 1.32 bits per heavy atom. The molecule has 2 aliphatic rings. The summed E-state index contributed by atoms with van der Waals surface area (Å²) < 4.78 is 31.7. The van der Waals surface area contributed by atoms with E-state index in [2.05, 4.69) is 5.32 Å². The molecule has 6 heteroatoms. The van der Waals surface area contributed by atoms with Gasteiger partial charge in [-0.15, -0.1) is 0 Å². The molecule has 0 aromatic rings. The zero-order valence-electron chi connectivity index (χ0n) is 11.8. The number of nitrogens with one attached hydrogen (secondary N) is 1. The van der Waals surface area contributed by atoms with E-state index in [0.717, 1.165) is 19.4 Å². The maximum absolute atomic E-state index is 12.2. The molecule has 1 aliphatic heterocycles. The number of rotatable bonds is 8. The molecule has 1 heterocycles. The van der Waals surface area contributed by atoms with E-state index in [4.69, 9.17) is 4.74 Å². The first-order valence-electron chi connectivity index (χ1n) is 7.44. The highest BCUT2D eigenvalue weighted by Crippen LogP contribution is 2.19. The second-order valence-corrected chi connectivity index (χ2v) is 7.56. The topological polar surface area (TPSA) is 58.6 Å². The number of hydrogen-bond acceptors (Lipinski definition) is 4. The first-order chi connectivity index (χ1) is 9.12. The van der Waals surface area contributed by atoms with Crippen LogP contribution in [0.4, 0.5) is 0 Å². The summed E-state index contributed by atoms with van der Waals surface area (Å²) in [5.74, 6) is 0.256. The van der Waals surface area contributed by atoms with Crippen LogP contribution in [0.5, 0.6) is 0 Å². The largest absolute Gasteiger partial charge is 0.377 e. The minimum Gasteiger partial charge on any atom is -0.377 e. The minimum absolute atomic E-state index is 0.0816. The van der Waals surface area contributed by atoms with Gasteiger partial charge in [0, 0.05) is 25.7 Å². The lowest BCUT2D eigenvalue weighted by atomic mass is 10.1. The summed E-state index contributed by atoms with van der Waals surface area (Å²) >= 11 is 0. The van der Waals surface area contributed by atoms with E-state index in [9.17, 15) is 8.42 Å².